The fraction of sp³-hybridized carbons (Fsp3) is 0.586. The van der Waals surface area contributed by atoms with E-state index >= 15 is 0 Å². The van der Waals surface area contributed by atoms with E-state index in [0.717, 1.165) is 16.9 Å². The SMILES string of the molecule is CC(C)N(CC(C(=O)N1CCN(c2ncnc3c2[C@H](C)C[C@H]3O)CC1)c1ccc(Cl)cc1)C(=O)OC(C)(C)C. The molecule has 3 atom stereocenters. The molecule has 4 rings (SSSR count). The Bertz CT molecular complexity index is 1180. The topological polar surface area (TPSA) is 99.1 Å². The number of rotatable bonds is 6. The van der Waals surface area contributed by atoms with E-state index in [4.69, 9.17) is 16.3 Å². The summed E-state index contributed by atoms with van der Waals surface area (Å²) in [6, 6.07) is 7.09. The van der Waals surface area contributed by atoms with E-state index in [1.807, 2.05) is 51.7 Å². The number of fused-ring (bicyclic) bond motifs is 1. The molecule has 39 heavy (non-hydrogen) atoms. The van der Waals surface area contributed by atoms with Crippen LogP contribution in [0.4, 0.5) is 10.6 Å². The van der Waals surface area contributed by atoms with Gasteiger partial charge >= 0.3 is 6.09 Å². The van der Waals surface area contributed by atoms with Crippen LogP contribution in [-0.2, 0) is 9.53 Å². The number of hydrogen-bond acceptors (Lipinski definition) is 7. The largest absolute Gasteiger partial charge is 0.444 e. The Labute approximate surface area is 236 Å². The first-order chi connectivity index (χ1) is 18.4. The van der Waals surface area contributed by atoms with Gasteiger partial charge in [0.2, 0.25) is 5.91 Å². The molecule has 1 saturated heterocycles. The van der Waals surface area contributed by atoms with Crippen LogP contribution in [0, 0.1) is 0 Å². The van der Waals surface area contributed by atoms with E-state index in [9.17, 15) is 14.7 Å². The van der Waals surface area contributed by atoms with E-state index in [2.05, 4.69) is 21.8 Å². The van der Waals surface area contributed by atoms with Crippen LogP contribution < -0.4 is 4.90 Å². The molecule has 2 heterocycles. The Morgan fingerprint density at radius 1 is 1.13 bits per heavy atom. The summed E-state index contributed by atoms with van der Waals surface area (Å²) in [5.41, 5.74) is 1.88. The number of halogens is 1. The minimum Gasteiger partial charge on any atom is -0.444 e. The highest BCUT2D eigenvalue weighted by atomic mass is 35.5. The molecular weight excluding hydrogens is 518 g/mol. The van der Waals surface area contributed by atoms with Gasteiger partial charge in [0, 0.05) is 49.4 Å². The monoisotopic (exact) mass is 557 g/mol. The standard InChI is InChI=1S/C29H40ClN5O4/c1-18(2)35(28(38)39-29(4,5)6)16-22(20-7-9-21(30)10-8-20)27(37)34-13-11-33(12-14-34)26-24-19(3)15-23(36)25(24)31-17-32-26/h7-10,17-19,22-23,36H,11-16H2,1-6H3/t19-,22?,23-/m1/s1. The van der Waals surface area contributed by atoms with Crippen LogP contribution in [0.3, 0.4) is 0 Å². The summed E-state index contributed by atoms with van der Waals surface area (Å²) in [4.78, 5) is 41.6. The number of aliphatic hydroxyl groups excluding tert-OH is 1. The summed E-state index contributed by atoms with van der Waals surface area (Å²) >= 11 is 6.15. The van der Waals surface area contributed by atoms with Gasteiger partial charge < -0.3 is 24.5 Å². The number of carbonyl (C=O) groups is 2. The molecule has 1 aromatic carbocycles. The quantitative estimate of drug-likeness (QED) is 0.547. The molecule has 1 N–H and O–H groups in total. The van der Waals surface area contributed by atoms with Gasteiger partial charge in [0.25, 0.3) is 0 Å². The predicted molar refractivity (Wildman–Crippen MR) is 151 cm³/mol. The third-order valence-corrected chi connectivity index (χ3v) is 7.62. The van der Waals surface area contributed by atoms with Gasteiger partial charge in [0.1, 0.15) is 17.7 Å². The first-order valence-corrected chi connectivity index (χ1v) is 14.0. The van der Waals surface area contributed by atoms with Crippen molar-refractivity contribution in [2.75, 3.05) is 37.6 Å². The summed E-state index contributed by atoms with van der Waals surface area (Å²) in [5.74, 6) is 0.418. The average molecular weight is 558 g/mol. The highest BCUT2D eigenvalue weighted by Crippen LogP contribution is 2.42. The normalized spacial score (nSPS) is 20.1. The molecule has 10 heteroatoms. The Morgan fingerprint density at radius 2 is 1.77 bits per heavy atom. The maximum absolute atomic E-state index is 14.0. The first kappa shape index (κ1) is 29.1. The zero-order chi connectivity index (χ0) is 28.5. The zero-order valence-corrected chi connectivity index (χ0v) is 24.5. The van der Waals surface area contributed by atoms with Crippen molar-refractivity contribution in [1.29, 1.82) is 0 Å². The molecule has 1 fully saturated rings. The van der Waals surface area contributed by atoms with Gasteiger partial charge in [-0.2, -0.15) is 0 Å². The number of piperazine rings is 1. The molecule has 0 spiro atoms. The highest BCUT2D eigenvalue weighted by Gasteiger charge is 2.36. The molecule has 1 aromatic heterocycles. The van der Waals surface area contributed by atoms with Crippen molar-refractivity contribution in [3.63, 3.8) is 0 Å². The fourth-order valence-electron chi connectivity index (χ4n) is 5.35. The van der Waals surface area contributed by atoms with Crippen LogP contribution in [0.15, 0.2) is 30.6 Å². The van der Waals surface area contributed by atoms with Gasteiger partial charge in [-0.15, -0.1) is 0 Å². The minimum atomic E-state index is -0.644. The van der Waals surface area contributed by atoms with E-state index in [1.54, 1.807) is 17.0 Å². The van der Waals surface area contributed by atoms with Gasteiger partial charge in [-0.1, -0.05) is 30.7 Å². The van der Waals surface area contributed by atoms with Crippen LogP contribution in [-0.4, -0.2) is 81.2 Å². The lowest BCUT2D eigenvalue weighted by Gasteiger charge is -2.39. The number of benzene rings is 1. The molecule has 2 amide bonds. The predicted octanol–water partition coefficient (Wildman–Crippen LogP) is 4.75. The van der Waals surface area contributed by atoms with Crippen LogP contribution in [0.2, 0.25) is 5.02 Å². The number of amides is 2. The van der Waals surface area contributed by atoms with E-state index in [-0.39, 0.29) is 24.4 Å². The third-order valence-electron chi connectivity index (χ3n) is 7.37. The van der Waals surface area contributed by atoms with Crippen LogP contribution in [0.5, 0.6) is 0 Å². The van der Waals surface area contributed by atoms with Crippen molar-refractivity contribution >= 4 is 29.4 Å². The second-order valence-electron chi connectivity index (χ2n) is 11.8. The molecule has 0 saturated carbocycles. The smallest absolute Gasteiger partial charge is 0.410 e. The first-order valence-electron chi connectivity index (χ1n) is 13.7. The van der Waals surface area contributed by atoms with Gasteiger partial charge in [-0.25, -0.2) is 14.8 Å². The fourth-order valence-corrected chi connectivity index (χ4v) is 5.47. The third kappa shape index (κ3) is 6.64. The summed E-state index contributed by atoms with van der Waals surface area (Å²) in [5, 5.41) is 11.0. The number of nitrogens with zero attached hydrogens (tertiary/aromatic N) is 5. The molecule has 0 radical (unpaired) electrons. The molecule has 1 aliphatic heterocycles. The van der Waals surface area contributed by atoms with E-state index in [0.29, 0.717) is 43.3 Å². The van der Waals surface area contributed by atoms with Gasteiger partial charge in [-0.05, 0) is 64.7 Å². The number of anilines is 1. The number of hydrogen-bond donors (Lipinski definition) is 1. The lowest BCUT2D eigenvalue weighted by molar-refractivity contribution is -0.133. The molecule has 2 aromatic rings. The lowest BCUT2D eigenvalue weighted by atomic mass is 9.96. The molecular formula is C29H40ClN5O4. The number of aromatic nitrogens is 2. The molecule has 1 aliphatic carbocycles. The highest BCUT2D eigenvalue weighted by molar-refractivity contribution is 6.30. The van der Waals surface area contributed by atoms with E-state index < -0.39 is 23.7 Å². The maximum atomic E-state index is 14.0. The number of ether oxygens (including phenoxy) is 1. The van der Waals surface area contributed by atoms with Crippen molar-refractivity contribution in [2.24, 2.45) is 0 Å². The second-order valence-corrected chi connectivity index (χ2v) is 12.2. The Morgan fingerprint density at radius 3 is 2.36 bits per heavy atom. The lowest BCUT2D eigenvalue weighted by Crippen LogP contribution is -2.52. The van der Waals surface area contributed by atoms with Crippen molar-refractivity contribution in [3.8, 4) is 0 Å². The van der Waals surface area contributed by atoms with Crippen molar-refractivity contribution in [1.82, 2.24) is 19.8 Å². The Balaban J connectivity index is 1.53. The van der Waals surface area contributed by atoms with Gasteiger partial charge in [0.05, 0.1) is 17.7 Å². The molecule has 0 bridgehead atoms. The Hall–Kier alpha value is -2.91. The number of aliphatic hydroxyl groups is 1. The average Bonchev–Trinajstić information content (AvgIpc) is 3.17. The Kier molecular flexibility index (Phi) is 8.71. The van der Waals surface area contributed by atoms with Crippen molar-refractivity contribution in [3.05, 3.63) is 52.4 Å². The number of carbonyl (C=O) groups excluding carboxylic acids is 2. The molecule has 9 nitrogen and oxygen atoms in total. The molecule has 212 valence electrons. The molecule has 1 unspecified atom stereocenters. The summed E-state index contributed by atoms with van der Waals surface area (Å²) in [7, 11) is 0. The minimum absolute atomic E-state index is 0.0390. The van der Waals surface area contributed by atoms with Crippen molar-refractivity contribution < 1.29 is 19.4 Å². The van der Waals surface area contributed by atoms with Crippen LogP contribution in [0.1, 0.15) is 82.7 Å². The van der Waals surface area contributed by atoms with Gasteiger partial charge in [0.15, 0.2) is 0 Å². The zero-order valence-electron chi connectivity index (χ0n) is 23.7. The second kappa shape index (κ2) is 11.7. The van der Waals surface area contributed by atoms with E-state index in [1.165, 1.54) is 6.33 Å². The summed E-state index contributed by atoms with van der Waals surface area (Å²) < 4.78 is 5.66. The summed E-state index contributed by atoms with van der Waals surface area (Å²) in [6.07, 6.45) is 1.16. The van der Waals surface area contributed by atoms with Crippen LogP contribution >= 0.6 is 11.6 Å². The van der Waals surface area contributed by atoms with Crippen LogP contribution in [0.25, 0.3) is 0 Å². The van der Waals surface area contributed by atoms with Gasteiger partial charge in [-0.3, -0.25) is 4.79 Å². The molecule has 2 aliphatic rings. The summed E-state index contributed by atoms with van der Waals surface area (Å²) in [6.45, 7) is 13.9. The van der Waals surface area contributed by atoms with Crippen molar-refractivity contribution in [2.45, 2.75) is 77.5 Å². The maximum Gasteiger partial charge on any atom is 0.410 e.